The number of imidazole rings is 1. The van der Waals surface area contributed by atoms with E-state index < -0.39 is 0 Å². The molecule has 0 N–H and O–H groups in total. The standard InChI is InChI=1S/C7H7N4.W/c1-5-10-6-3-8-4-9-7(6)11(5)2;/h4H,1-2H3;/q-1;. The van der Waals surface area contributed by atoms with E-state index >= 15 is 0 Å². The average molecular weight is 331 g/mol. The maximum atomic E-state index is 4.20. The predicted molar refractivity (Wildman–Crippen MR) is 39.9 cm³/mol. The minimum Gasteiger partial charge on any atom is -0.374 e. The van der Waals surface area contributed by atoms with Gasteiger partial charge >= 0.3 is 0 Å². The van der Waals surface area contributed by atoms with Crippen LogP contribution in [0.2, 0.25) is 0 Å². The summed E-state index contributed by atoms with van der Waals surface area (Å²) >= 11 is 0. The fourth-order valence-electron chi connectivity index (χ4n) is 0.995. The van der Waals surface area contributed by atoms with Crippen LogP contribution in [0.25, 0.3) is 11.2 Å². The molecule has 0 saturated heterocycles. The van der Waals surface area contributed by atoms with Gasteiger partial charge in [0, 0.05) is 45.6 Å². The van der Waals surface area contributed by atoms with Crippen LogP contribution in [-0.2, 0) is 28.1 Å². The zero-order chi connectivity index (χ0) is 7.84. The van der Waals surface area contributed by atoms with Gasteiger partial charge < -0.3 is 14.5 Å². The molecule has 0 aromatic carbocycles. The molecule has 0 aliphatic carbocycles. The summed E-state index contributed by atoms with van der Waals surface area (Å²) in [5.41, 5.74) is 1.56. The number of aryl methyl sites for hydroxylation is 2. The van der Waals surface area contributed by atoms with Crippen molar-refractivity contribution >= 4 is 11.2 Å². The molecule has 0 fully saturated rings. The van der Waals surface area contributed by atoms with Crippen LogP contribution in [0.1, 0.15) is 5.82 Å². The smallest absolute Gasteiger partial charge is 0.0937 e. The second-order valence-corrected chi connectivity index (χ2v) is 2.38. The summed E-state index contributed by atoms with van der Waals surface area (Å²) < 4.78 is 1.91. The Labute approximate surface area is 84.3 Å². The largest absolute Gasteiger partial charge is 0.374 e. The summed E-state index contributed by atoms with van der Waals surface area (Å²) in [6, 6.07) is 0. The van der Waals surface area contributed by atoms with E-state index in [2.05, 4.69) is 21.1 Å². The third kappa shape index (κ3) is 1.27. The summed E-state index contributed by atoms with van der Waals surface area (Å²) in [7, 11) is 1.92. The minimum absolute atomic E-state index is 0. The van der Waals surface area contributed by atoms with E-state index in [1.54, 1.807) is 0 Å². The summed E-state index contributed by atoms with van der Waals surface area (Å²) in [6.45, 7) is 1.93. The number of nitrogens with zero attached hydrogens (tertiary/aromatic N) is 4. The summed E-state index contributed by atoms with van der Waals surface area (Å²) in [5.74, 6) is 0.928. The molecule has 12 heavy (non-hydrogen) atoms. The van der Waals surface area contributed by atoms with Crippen molar-refractivity contribution in [3.05, 3.63) is 18.3 Å². The molecule has 0 bridgehead atoms. The van der Waals surface area contributed by atoms with Crippen LogP contribution in [0.15, 0.2) is 6.33 Å². The predicted octanol–water partition coefficient (Wildman–Crippen LogP) is 0.469. The average Bonchev–Trinajstić information content (AvgIpc) is 2.30. The molecule has 0 unspecified atom stereocenters. The Morgan fingerprint density at radius 1 is 1.50 bits per heavy atom. The minimum atomic E-state index is 0. The first-order valence-corrected chi connectivity index (χ1v) is 3.31. The quantitative estimate of drug-likeness (QED) is 0.660. The Morgan fingerprint density at radius 2 is 2.25 bits per heavy atom. The van der Waals surface area contributed by atoms with Crippen molar-refractivity contribution in [1.82, 2.24) is 19.5 Å². The molecular formula is C7H7N4W-. The Morgan fingerprint density at radius 3 is 2.92 bits per heavy atom. The fourth-order valence-corrected chi connectivity index (χ4v) is 0.995. The van der Waals surface area contributed by atoms with Gasteiger partial charge in [0.1, 0.15) is 0 Å². The van der Waals surface area contributed by atoms with E-state index in [0.717, 1.165) is 17.0 Å². The molecule has 0 amide bonds. The van der Waals surface area contributed by atoms with Crippen LogP contribution in [0.4, 0.5) is 0 Å². The van der Waals surface area contributed by atoms with Gasteiger partial charge in [0.2, 0.25) is 0 Å². The van der Waals surface area contributed by atoms with Crippen molar-refractivity contribution in [3.8, 4) is 0 Å². The number of rotatable bonds is 0. The number of fused-ring (bicyclic) bond motifs is 1. The maximum absolute atomic E-state index is 4.20. The molecule has 0 saturated carbocycles. The zero-order valence-corrected chi connectivity index (χ0v) is 9.71. The molecule has 0 atom stereocenters. The number of hydrogen-bond acceptors (Lipinski definition) is 3. The molecule has 2 aromatic heterocycles. The molecule has 4 nitrogen and oxygen atoms in total. The molecule has 2 aromatic rings. The molecule has 0 radical (unpaired) electrons. The summed E-state index contributed by atoms with van der Waals surface area (Å²) in [6.07, 6.45) is 4.24. The van der Waals surface area contributed by atoms with Gasteiger partial charge in [-0.15, -0.1) is 0 Å². The molecule has 0 spiro atoms. The van der Waals surface area contributed by atoms with Crippen molar-refractivity contribution in [2.24, 2.45) is 7.05 Å². The maximum Gasteiger partial charge on any atom is 0.0937 e. The van der Waals surface area contributed by atoms with Crippen molar-refractivity contribution in [2.75, 3.05) is 0 Å². The molecule has 5 heteroatoms. The van der Waals surface area contributed by atoms with Crippen molar-refractivity contribution in [3.63, 3.8) is 0 Å². The van der Waals surface area contributed by atoms with Crippen molar-refractivity contribution in [1.29, 1.82) is 0 Å². The second kappa shape index (κ2) is 3.31. The molecular weight excluding hydrogens is 324 g/mol. The molecule has 0 aliphatic heterocycles. The first-order chi connectivity index (χ1) is 5.29. The van der Waals surface area contributed by atoms with E-state index in [1.807, 2.05) is 18.5 Å². The number of hydrogen-bond donors (Lipinski definition) is 0. The Bertz CT molecular complexity index is 395. The van der Waals surface area contributed by atoms with E-state index in [0.29, 0.717) is 0 Å². The van der Waals surface area contributed by atoms with Crippen LogP contribution >= 0.6 is 0 Å². The van der Waals surface area contributed by atoms with E-state index in [1.165, 1.54) is 6.33 Å². The summed E-state index contributed by atoms with van der Waals surface area (Å²) in [4.78, 5) is 12.0. The second-order valence-electron chi connectivity index (χ2n) is 2.38. The van der Waals surface area contributed by atoms with Gasteiger partial charge in [-0.1, -0.05) is 0 Å². The van der Waals surface area contributed by atoms with Crippen LogP contribution in [0.3, 0.4) is 0 Å². The molecule has 2 rings (SSSR count). The van der Waals surface area contributed by atoms with Gasteiger partial charge in [0.05, 0.1) is 5.82 Å². The van der Waals surface area contributed by atoms with E-state index in [9.17, 15) is 0 Å². The van der Waals surface area contributed by atoms with Gasteiger partial charge in [0.15, 0.2) is 0 Å². The topological polar surface area (TPSA) is 43.6 Å². The third-order valence-electron chi connectivity index (χ3n) is 1.70. The fraction of sp³-hybridized carbons (Fsp3) is 0.286. The Balaban J connectivity index is 0.000000720. The van der Waals surface area contributed by atoms with Crippen molar-refractivity contribution in [2.45, 2.75) is 6.92 Å². The van der Waals surface area contributed by atoms with Crippen LogP contribution < -0.4 is 0 Å². The van der Waals surface area contributed by atoms with E-state index in [-0.39, 0.29) is 21.1 Å². The van der Waals surface area contributed by atoms with Gasteiger partial charge in [0.25, 0.3) is 0 Å². The van der Waals surface area contributed by atoms with E-state index in [4.69, 9.17) is 0 Å². The normalized spacial score (nSPS) is 9.83. The first kappa shape index (κ1) is 9.33. The summed E-state index contributed by atoms with van der Waals surface area (Å²) in [5, 5.41) is 0. The van der Waals surface area contributed by atoms with Crippen LogP contribution in [0, 0.1) is 13.1 Å². The Kier molecular flexibility index (Phi) is 2.58. The first-order valence-electron chi connectivity index (χ1n) is 3.31. The zero-order valence-electron chi connectivity index (χ0n) is 6.77. The monoisotopic (exact) mass is 331 g/mol. The molecule has 62 valence electrons. The number of aromatic nitrogens is 4. The SMILES string of the molecule is Cc1nc2[c-]ncnc2n1C.[W]. The van der Waals surface area contributed by atoms with Gasteiger partial charge in [-0.25, -0.2) is 0 Å². The molecule has 0 aliphatic rings. The van der Waals surface area contributed by atoms with Crippen LogP contribution in [0.5, 0.6) is 0 Å². The van der Waals surface area contributed by atoms with Gasteiger partial charge in [-0.3, -0.25) is 4.98 Å². The van der Waals surface area contributed by atoms with Gasteiger partial charge in [-0.2, -0.15) is 0 Å². The van der Waals surface area contributed by atoms with Gasteiger partial charge in [-0.05, 0) is 13.1 Å². The third-order valence-corrected chi connectivity index (χ3v) is 1.70. The van der Waals surface area contributed by atoms with Crippen molar-refractivity contribution < 1.29 is 21.1 Å². The molecule has 2 heterocycles. The van der Waals surface area contributed by atoms with Crippen LogP contribution in [-0.4, -0.2) is 19.5 Å². The Hall–Kier alpha value is -0.762.